The van der Waals surface area contributed by atoms with E-state index in [1.807, 2.05) is 79.9 Å². The fourth-order valence-corrected chi connectivity index (χ4v) is 1.67. The molecule has 0 aliphatic carbocycles. The molecule has 0 atom stereocenters. The van der Waals surface area contributed by atoms with Gasteiger partial charge in [0.05, 0.1) is 0 Å². The maximum absolute atomic E-state index is 11.8. The number of Topliss-reactive ketones (excluding diaryl/α,β-unsaturated/α-hetero) is 1. The average molecular weight is 379 g/mol. The smallest absolute Gasteiger partial charge is 0.253 e. The van der Waals surface area contributed by atoms with Gasteiger partial charge in [0, 0.05) is 38.2 Å². The SMILES string of the molecule is CC(C)=O.CCC(=O)N(C)C(C)C.Cc1ccc(C(=O)N(C)C(C)C)cc1. The maximum Gasteiger partial charge on any atom is 0.253 e. The highest BCUT2D eigenvalue weighted by Gasteiger charge is 2.13. The number of aryl methyl sites for hydroxylation is 1. The highest BCUT2D eigenvalue weighted by atomic mass is 16.2. The van der Waals surface area contributed by atoms with Gasteiger partial charge in [0.15, 0.2) is 0 Å². The Morgan fingerprint density at radius 3 is 1.48 bits per heavy atom. The summed E-state index contributed by atoms with van der Waals surface area (Å²) in [4.78, 5) is 35.6. The van der Waals surface area contributed by atoms with Gasteiger partial charge in [-0.2, -0.15) is 0 Å². The quantitative estimate of drug-likeness (QED) is 0.783. The highest BCUT2D eigenvalue weighted by Crippen LogP contribution is 2.07. The molecule has 0 heterocycles. The molecule has 154 valence electrons. The number of benzene rings is 1. The van der Waals surface area contributed by atoms with Crippen LogP contribution in [-0.4, -0.2) is 53.6 Å². The van der Waals surface area contributed by atoms with E-state index in [2.05, 4.69) is 0 Å². The first-order valence-electron chi connectivity index (χ1n) is 9.41. The monoisotopic (exact) mass is 378 g/mol. The van der Waals surface area contributed by atoms with Crippen molar-refractivity contribution >= 4 is 17.6 Å². The molecule has 5 nitrogen and oxygen atoms in total. The van der Waals surface area contributed by atoms with Crippen molar-refractivity contribution in [2.75, 3.05) is 14.1 Å². The van der Waals surface area contributed by atoms with Gasteiger partial charge in [-0.25, -0.2) is 0 Å². The molecular weight excluding hydrogens is 340 g/mol. The summed E-state index contributed by atoms with van der Waals surface area (Å²) in [7, 11) is 3.66. The molecule has 1 aromatic rings. The molecule has 27 heavy (non-hydrogen) atoms. The van der Waals surface area contributed by atoms with E-state index in [1.165, 1.54) is 19.4 Å². The molecule has 0 fully saturated rings. The van der Waals surface area contributed by atoms with Gasteiger partial charge in [0.1, 0.15) is 5.78 Å². The Morgan fingerprint density at radius 1 is 0.852 bits per heavy atom. The Labute approximate surface area is 165 Å². The molecule has 0 aliphatic heterocycles. The molecule has 0 N–H and O–H groups in total. The number of carbonyl (C=O) groups excluding carboxylic acids is 3. The first kappa shape index (κ1) is 27.1. The van der Waals surface area contributed by atoms with Gasteiger partial charge >= 0.3 is 0 Å². The molecule has 1 aromatic carbocycles. The second-order valence-corrected chi connectivity index (χ2v) is 7.24. The highest BCUT2D eigenvalue weighted by molar-refractivity contribution is 5.94. The van der Waals surface area contributed by atoms with Crippen LogP contribution in [-0.2, 0) is 9.59 Å². The molecule has 0 bridgehead atoms. The van der Waals surface area contributed by atoms with Crippen molar-refractivity contribution in [3.8, 4) is 0 Å². The lowest BCUT2D eigenvalue weighted by atomic mass is 10.1. The fourth-order valence-electron chi connectivity index (χ4n) is 1.67. The van der Waals surface area contributed by atoms with E-state index >= 15 is 0 Å². The molecule has 0 aromatic heterocycles. The van der Waals surface area contributed by atoms with Crippen molar-refractivity contribution < 1.29 is 14.4 Å². The minimum atomic E-state index is 0.0833. The van der Waals surface area contributed by atoms with E-state index in [4.69, 9.17) is 0 Å². The predicted octanol–water partition coefficient (Wildman–Crippen LogP) is 4.33. The number of ketones is 1. The van der Waals surface area contributed by atoms with E-state index in [0.29, 0.717) is 12.5 Å². The van der Waals surface area contributed by atoms with Crippen molar-refractivity contribution in [1.82, 2.24) is 9.80 Å². The number of hydrogen-bond donors (Lipinski definition) is 0. The summed E-state index contributed by atoms with van der Waals surface area (Å²) < 4.78 is 0. The average Bonchev–Trinajstić information content (AvgIpc) is 2.59. The lowest BCUT2D eigenvalue weighted by Crippen LogP contribution is -2.32. The van der Waals surface area contributed by atoms with Crippen LogP contribution >= 0.6 is 0 Å². The van der Waals surface area contributed by atoms with Crippen LogP contribution < -0.4 is 0 Å². The van der Waals surface area contributed by atoms with Crippen molar-refractivity contribution in [3.63, 3.8) is 0 Å². The number of nitrogens with zero attached hydrogens (tertiary/aromatic N) is 2. The zero-order chi connectivity index (χ0) is 21.7. The Morgan fingerprint density at radius 2 is 1.22 bits per heavy atom. The zero-order valence-corrected chi connectivity index (χ0v) is 18.8. The Balaban J connectivity index is 0. The van der Waals surface area contributed by atoms with Crippen LogP contribution in [0.5, 0.6) is 0 Å². The third-order valence-corrected chi connectivity index (χ3v) is 3.86. The summed E-state index contributed by atoms with van der Waals surface area (Å²) in [5.74, 6) is 0.463. The summed E-state index contributed by atoms with van der Waals surface area (Å²) in [5.41, 5.74) is 1.93. The third-order valence-electron chi connectivity index (χ3n) is 3.86. The normalized spacial score (nSPS) is 9.63. The number of amides is 2. The molecule has 0 aliphatic rings. The molecular formula is C22H38N2O3. The van der Waals surface area contributed by atoms with Crippen LogP contribution in [0, 0.1) is 6.92 Å². The molecule has 5 heteroatoms. The maximum atomic E-state index is 11.8. The summed E-state index contributed by atoms with van der Waals surface area (Å²) in [5, 5.41) is 0. The minimum absolute atomic E-state index is 0.0833. The van der Waals surface area contributed by atoms with Gasteiger partial charge in [0.2, 0.25) is 5.91 Å². The number of hydrogen-bond acceptors (Lipinski definition) is 3. The minimum Gasteiger partial charge on any atom is -0.343 e. The predicted molar refractivity (Wildman–Crippen MR) is 113 cm³/mol. The standard InChI is InChI=1S/C12H17NO.C7H15NO.C3H6O/c1-9(2)13(4)12(14)11-7-5-10(3)6-8-11;1-5-7(9)8(4)6(2)3;1-3(2)4/h5-9H,1-4H3;6H,5H2,1-4H3;1-2H3. The molecule has 0 radical (unpaired) electrons. The zero-order valence-electron chi connectivity index (χ0n) is 18.8. The second kappa shape index (κ2) is 14.0. The Kier molecular flexibility index (Phi) is 14.0. The molecule has 0 spiro atoms. The van der Waals surface area contributed by atoms with E-state index in [-0.39, 0.29) is 23.6 Å². The van der Waals surface area contributed by atoms with E-state index in [1.54, 1.807) is 9.80 Å². The number of carbonyl (C=O) groups is 3. The number of rotatable bonds is 4. The molecule has 0 saturated heterocycles. The largest absolute Gasteiger partial charge is 0.343 e. The molecule has 0 unspecified atom stereocenters. The van der Waals surface area contributed by atoms with Gasteiger partial charge in [0.25, 0.3) is 5.91 Å². The third kappa shape index (κ3) is 12.8. The fraction of sp³-hybridized carbons (Fsp3) is 0.591. The molecule has 0 saturated carbocycles. The van der Waals surface area contributed by atoms with Crippen LogP contribution in [0.25, 0.3) is 0 Å². The van der Waals surface area contributed by atoms with E-state index < -0.39 is 0 Å². The summed E-state index contributed by atoms with van der Waals surface area (Å²) in [6.45, 7) is 15.0. The molecule has 1 rings (SSSR count). The van der Waals surface area contributed by atoms with Crippen LogP contribution in [0.1, 0.15) is 70.8 Å². The first-order chi connectivity index (χ1) is 12.3. The van der Waals surface area contributed by atoms with Gasteiger partial charge in [-0.3, -0.25) is 9.59 Å². The van der Waals surface area contributed by atoms with Crippen LogP contribution in [0.2, 0.25) is 0 Å². The van der Waals surface area contributed by atoms with Crippen molar-refractivity contribution in [1.29, 1.82) is 0 Å². The summed E-state index contributed by atoms with van der Waals surface area (Å²) >= 11 is 0. The van der Waals surface area contributed by atoms with Crippen LogP contribution in [0.4, 0.5) is 0 Å². The Hall–Kier alpha value is -2.17. The van der Waals surface area contributed by atoms with Crippen LogP contribution in [0.3, 0.4) is 0 Å². The van der Waals surface area contributed by atoms with Crippen molar-refractivity contribution in [3.05, 3.63) is 35.4 Å². The first-order valence-corrected chi connectivity index (χ1v) is 9.41. The summed E-state index contributed by atoms with van der Waals surface area (Å²) in [6, 6.07) is 8.23. The van der Waals surface area contributed by atoms with Gasteiger partial charge in [-0.15, -0.1) is 0 Å². The van der Waals surface area contributed by atoms with Crippen molar-refractivity contribution in [2.24, 2.45) is 0 Å². The summed E-state index contributed by atoms with van der Waals surface area (Å²) in [6.07, 6.45) is 0.606. The van der Waals surface area contributed by atoms with Crippen LogP contribution in [0.15, 0.2) is 24.3 Å². The lowest BCUT2D eigenvalue weighted by Gasteiger charge is -2.21. The van der Waals surface area contributed by atoms with Gasteiger partial charge in [-0.1, -0.05) is 24.6 Å². The van der Waals surface area contributed by atoms with Crippen molar-refractivity contribution in [2.45, 2.75) is 73.9 Å². The topological polar surface area (TPSA) is 57.7 Å². The van der Waals surface area contributed by atoms with E-state index in [0.717, 1.165) is 5.56 Å². The van der Waals surface area contributed by atoms with Gasteiger partial charge < -0.3 is 14.6 Å². The van der Waals surface area contributed by atoms with Gasteiger partial charge in [-0.05, 0) is 60.6 Å². The second-order valence-electron chi connectivity index (χ2n) is 7.24. The lowest BCUT2D eigenvalue weighted by molar-refractivity contribution is -0.131. The molecule has 2 amide bonds. The van der Waals surface area contributed by atoms with E-state index in [9.17, 15) is 14.4 Å². The Bertz CT molecular complexity index is 574.